The summed E-state index contributed by atoms with van der Waals surface area (Å²) < 4.78 is 26.5. The zero-order valence-electron chi connectivity index (χ0n) is 9.72. The van der Waals surface area contributed by atoms with Gasteiger partial charge in [-0.15, -0.1) is 0 Å². The van der Waals surface area contributed by atoms with Crippen molar-refractivity contribution in [2.75, 3.05) is 6.26 Å². The van der Waals surface area contributed by atoms with E-state index in [1.165, 1.54) is 0 Å². The van der Waals surface area contributed by atoms with Gasteiger partial charge in [0, 0.05) is 11.4 Å². The van der Waals surface area contributed by atoms with Crippen molar-refractivity contribution in [2.45, 2.75) is 19.4 Å². The summed E-state index contributed by atoms with van der Waals surface area (Å²) in [5.74, 6) is -0.917. The first-order chi connectivity index (χ1) is 8.28. The van der Waals surface area contributed by atoms with Gasteiger partial charge in [0.15, 0.2) is 0 Å². The zero-order chi connectivity index (χ0) is 13.8. The smallest absolute Gasteiger partial charge is 0.303 e. The van der Waals surface area contributed by atoms with Crippen molar-refractivity contribution in [3.8, 4) is 0 Å². The predicted molar refractivity (Wildman–Crippen MR) is 67.0 cm³/mol. The number of halogens is 1. The van der Waals surface area contributed by atoms with Crippen LogP contribution < -0.4 is 0 Å². The van der Waals surface area contributed by atoms with E-state index >= 15 is 0 Å². The highest BCUT2D eigenvalue weighted by atomic mass is 35.5. The SMILES string of the molecule is CS(=O)(=O)OCc1cc(Cl)ccc1CCC(=O)O. The van der Waals surface area contributed by atoms with E-state index in [1.54, 1.807) is 18.2 Å². The molecule has 5 nitrogen and oxygen atoms in total. The highest BCUT2D eigenvalue weighted by Crippen LogP contribution is 2.19. The van der Waals surface area contributed by atoms with E-state index in [1.807, 2.05) is 0 Å². The highest BCUT2D eigenvalue weighted by molar-refractivity contribution is 7.85. The van der Waals surface area contributed by atoms with Crippen molar-refractivity contribution in [1.82, 2.24) is 0 Å². The molecule has 0 atom stereocenters. The van der Waals surface area contributed by atoms with E-state index in [0.717, 1.165) is 6.26 Å². The van der Waals surface area contributed by atoms with Crippen molar-refractivity contribution in [3.63, 3.8) is 0 Å². The second kappa shape index (κ2) is 6.17. The molecular formula is C11H13ClO5S. The van der Waals surface area contributed by atoms with Crippen LogP contribution in [-0.2, 0) is 32.1 Å². The van der Waals surface area contributed by atoms with Crippen LogP contribution in [0, 0.1) is 0 Å². The molecule has 0 radical (unpaired) electrons. The number of carbonyl (C=O) groups is 1. The number of rotatable bonds is 6. The summed E-state index contributed by atoms with van der Waals surface area (Å²) in [6.07, 6.45) is 1.22. The van der Waals surface area contributed by atoms with E-state index in [0.29, 0.717) is 22.6 Å². The van der Waals surface area contributed by atoms with E-state index in [-0.39, 0.29) is 13.0 Å². The van der Waals surface area contributed by atoms with Crippen LogP contribution >= 0.6 is 11.6 Å². The number of hydrogen-bond acceptors (Lipinski definition) is 4. The lowest BCUT2D eigenvalue weighted by Crippen LogP contribution is -2.06. The summed E-state index contributed by atoms with van der Waals surface area (Å²) in [7, 11) is -3.54. The van der Waals surface area contributed by atoms with Crippen LogP contribution in [0.15, 0.2) is 18.2 Å². The molecule has 7 heteroatoms. The lowest BCUT2D eigenvalue weighted by molar-refractivity contribution is -0.136. The molecule has 1 N–H and O–H groups in total. The second-order valence-electron chi connectivity index (χ2n) is 3.77. The minimum Gasteiger partial charge on any atom is -0.481 e. The summed E-state index contributed by atoms with van der Waals surface area (Å²) in [5.41, 5.74) is 1.29. The largest absolute Gasteiger partial charge is 0.481 e. The Balaban J connectivity index is 2.86. The fourth-order valence-electron chi connectivity index (χ4n) is 1.38. The van der Waals surface area contributed by atoms with Gasteiger partial charge in [-0.1, -0.05) is 17.7 Å². The van der Waals surface area contributed by atoms with Crippen molar-refractivity contribution in [1.29, 1.82) is 0 Å². The molecule has 0 saturated heterocycles. The van der Waals surface area contributed by atoms with Gasteiger partial charge in [-0.3, -0.25) is 8.98 Å². The first-order valence-corrected chi connectivity index (χ1v) is 7.31. The Morgan fingerprint density at radius 1 is 1.39 bits per heavy atom. The van der Waals surface area contributed by atoms with Gasteiger partial charge in [0.25, 0.3) is 10.1 Å². The van der Waals surface area contributed by atoms with Crippen molar-refractivity contribution < 1.29 is 22.5 Å². The van der Waals surface area contributed by atoms with Crippen LogP contribution in [0.4, 0.5) is 0 Å². The molecule has 0 aliphatic heterocycles. The Morgan fingerprint density at radius 2 is 2.06 bits per heavy atom. The molecular weight excluding hydrogens is 280 g/mol. The maximum atomic E-state index is 10.9. The summed E-state index contributed by atoms with van der Waals surface area (Å²) >= 11 is 5.81. The van der Waals surface area contributed by atoms with Crippen molar-refractivity contribution >= 4 is 27.7 Å². The Bertz CT molecular complexity index is 538. The first kappa shape index (κ1) is 14.9. The second-order valence-corrected chi connectivity index (χ2v) is 5.85. The van der Waals surface area contributed by atoms with Gasteiger partial charge < -0.3 is 5.11 Å². The molecule has 0 spiro atoms. The van der Waals surface area contributed by atoms with Gasteiger partial charge in [-0.25, -0.2) is 0 Å². The molecule has 0 aliphatic carbocycles. The summed E-state index contributed by atoms with van der Waals surface area (Å²) in [6.45, 7) is -0.144. The van der Waals surface area contributed by atoms with Crippen LogP contribution in [0.25, 0.3) is 0 Å². The van der Waals surface area contributed by atoms with Crippen LogP contribution in [0.2, 0.25) is 5.02 Å². The standard InChI is InChI=1S/C11H13ClO5S/c1-18(15,16)17-7-9-6-10(12)4-2-8(9)3-5-11(13)14/h2,4,6H,3,5,7H2,1H3,(H,13,14). The number of hydrogen-bond donors (Lipinski definition) is 1. The molecule has 0 saturated carbocycles. The monoisotopic (exact) mass is 292 g/mol. The van der Waals surface area contributed by atoms with Gasteiger partial charge in [0.2, 0.25) is 0 Å². The number of aryl methyl sites for hydroxylation is 1. The Kier molecular flexibility index (Phi) is 5.13. The van der Waals surface area contributed by atoms with Crippen molar-refractivity contribution in [3.05, 3.63) is 34.3 Å². The van der Waals surface area contributed by atoms with Crippen LogP contribution in [-0.4, -0.2) is 25.7 Å². The molecule has 0 unspecified atom stereocenters. The lowest BCUT2D eigenvalue weighted by atomic mass is 10.0. The van der Waals surface area contributed by atoms with Crippen LogP contribution in [0.1, 0.15) is 17.5 Å². The summed E-state index contributed by atoms with van der Waals surface area (Å²) in [5, 5.41) is 9.07. The molecule has 0 fully saturated rings. The summed E-state index contributed by atoms with van der Waals surface area (Å²) in [6, 6.07) is 4.87. The predicted octanol–water partition coefficient (Wildman–Crippen LogP) is 1.83. The van der Waals surface area contributed by atoms with E-state index in [4.69, 9.17) is 16.7 Å². The quantitative estimate of drug-likeness (QED) is 0.809. The average Bonchev–Trinajstić information content (AvgIpc) is 2.23. The number of aliphatic carboxylic acids is 1. The van der Waals surface area contributed by atoms with E-state index in [9.17, 15) is 13.2 Å². The van der Waals surface area contributed by atoms with E-state index in [2.05, 4.69) is 4.18 Å². The van der Waals surface area contributed by atoms with Gasteiger partial charge >= 0.3 is 5.97 Å². The van der Waals surface area contributed by atoms with Crippen LogP contribution in [0.5, 0.6) is 0 Å². The molecule has 1 rings (SSSR count). The van der Waals surface area contributed by atoms with Gasteiger partial charge in [-0.05, 0) is 29.7 Å². The third kappa shape index (κ3) is 5.48. The summed E-state index contributed by atoms with van der Waals surface area (Å²) in [4.78, 5) is 10.5. The maximum absolute atomic E-state index is 10.9. The normalized spacial score (nSPS) is 11.4. The van der Waals surface area contributed by atoms with Crippen LogP contribution in [0.3, 0.4) is 0 Å². The molecule has 0 aromatic heterocycles. The Hall–Kier alpha value is -1.11. The minimum absolute atomic E-state index is 0.0342. The van der Waals surface area contributed by atoms with Crippen molar-refractivity contribution in [2.24, 2.45) is 0 Å². The highest BCUT2D eigenvalue weighted by Gasteiger charge is 2.09. The molecule has 0 heterocycles. The molecule has 1 aromatic carbocycles. The first-order valence-electron chi connectivity index (χ1n) is 5.11. The number of benzene rings is 1. The fraction of sp³-hybridized carbons (Fsp3) is 0.364. The molecule has 100 valence electrons. The Labute approximate surface area is 110 Å². The molecule has 0 amide bonds. The zero-order valence-corrected chi connectivity index (χ0v) is 11.3. The average molecular weight is 293 g/mol. The molecule has 18 heavy (non-hydrogen) atoms. The molecule has 0 bridgehead atoms. The van der Waals surface area contributed by atoms with Gasteiger partial charge in [0.05, 0.1) is 12.9 Å². The lowest BCUT2D eigenvalue weighted by Gasteiger charge is -2.09. The fourth-order valence-corrected chi connectivity index (χ4v) is 1.92. The van der Waals surface area contributed by atoms with Gasteiger partial charge in [-0.2, -0.15) is 8.42 Å². The third-order valence-corrected chi connectivity index (χ3v) is 2.99. The topological polar surface area (TPSA) is 80.7 Å². The minimum atomic E-state index is -3.54. The van der Waals surface area contributed by atoms with E-state index < -0.39 is 16.1 Å². The third-order valence-electron chi connectivity index (χ3n) is 2.21. The van der Waals surface area contributed by atoms with Gasteiger partial charge in [0.1, 0.15) is 0 Å². The Morgan fingerprint density at radius 3 is 2.61 bits per heavy atom. The number of carboxylic acids is 1. The number of carboxylic acid groups (broad SMARTS) is 1. The molecule has 0 aliphatic rings. The maximum Gasteiger partial charge on any atom is 0.303 e. The molecule has 1 aromatic rings.